The zero-order valence-corrected chi connectivity index (χ0v) is 10.0. The van der Waals surface area contributed by atoms with Crippen molar-refractivity contribution in [2.24, 2.45) is 5.92 Å². The van der Waals surface area contributed by atoms with Crippen LogP contribution in [0.2, 0.25) is 0 Å². The van der Waals surface area contributed by atoms with E-state index >= 15 is 0 Å². The Labute approximate surface area is 92.6 Å². The van der Waals surface area contributed by atoms with E-state index in [4.69, 9.17) is 5.11 Å². The maximum Gasteiger partial charge on any atom is 0.330 e. The predicted molar refractivity (Wildman–Crippen MR) is 62.7 cm³/mol. The van der Waals surface area contributed by atoms with Crippen LogP contribution < -0.4 is 5.32 Å². The van der Waals surface area contributed by atoms with Crippen molar-refractivity contribution in [2.75, 3.05) is 6.54 Å². The van der Waals surface area contributed by atoms with Gasteiger partial charge in [-0.25, -0.2) is 4.79 Å². The number of hydrogen-bond acceptors (Lipinski definition) is 2. The molecule has 0 radical (unpaired) electrons. The Hall–Kier alpha value is -0.990. The number of aliphatic carboxylic acids is 1. The molecule has 88 valence electrons. The molecule has 0 aromatic carbocycles. The number of carboxylic acids is 1. The summed E-state index contributed by atoms with van der Waals surface area (Å²) in [6.07, 6.45) is 6.06. The second-order valence-corrected chi connectivity index (χ2v) is 3.96. The molecule has 0 rings (SSSR count). The van der Waals surface area contributed by atoms with Gasteiger partial charge < -0.3 is 10.4 Å². The number of allylic oxidation sites excluding steroid dienone is 1. The first-order valence-electron chi connectivity index (χ1n) is 5.75. The van der Waals surface area contributed by atoms with Crippen LogP contribution in [0.25, 0.3) is 0 Å². The Morgan fingerprint density at radius 3 is 2.60 bits per heavy atom. The van der Waals surface area contributed by atoms with E-state index in [-0.39, 0.29) is 0 Å². The fraction of sp³-hybridized carbons (Fsp3) is 0.750. The van der Waals surface area contributed by atoms with Crippen molar-refractivity contribution in [2.45, 2.75) is 46.5 Å². The molecule has 0 spiro atoms. The summed E-state index contributed by atoms with van der Waals surface area (Å²) < 4.78 is 0. The largest absolute Gasteiger partial charge is 0.478 e. The van der Waals surface area contributed by atoms with Crippen LogP contribution in [0, 0.1) is 5.92 Å². The highest BCUT2D eigenvalue weighted by atomic mass is 16.4. The van der Waals surface area contributed by atoms with Crippen molar-refractivity contribution in [3.05, 3.63) is 11.8 Å². The lowest BCUT2D eigenvalue weighted by molar-refractivity contribution is -0.131. The van der Waals surface area contributed by atoms with Crippen LogP contribution in [0.5, 0.6) is 0 Å². The molecule has 1 atom stereocenters. The zero-order valence-electron chi connectivity index (χ0n) is 10.0. The summed E-state index contributed by atoms with van der Waals surface area (Å²) in [6, 6.07) is 0. The van der Waals surface area contributed by atoms with Crippen molar-refractivity contribution in [1.29, 1.82) is 0 Å². The second-order valence-electron chi connectivity index (χ2n) is 3.96. The molecule has 2 N–H and O–H groups in total. The summed E-state index contributed by atoms with van der Waals surface area (Å²) >= 11 is 0. The summed E-state index contributed by atoms with van der Waals surface area (Å²) in [5, 5.41) is 11.7. The molecule has 0 aliphatic carbocycles. The fourth-order valence-corrected chi connectivity index (χ4v) is 1.48. The standard InChI is InChI=1S/C12H23NO2/c1-4-6-7-11(5-2)9-13-10(3)8-12(14)15/h8,11,13H,4-7,9H2,1-3H3,(H,14,15). The highest BCUT2D eigenvalue weighted by Gasteiger charge is 2.05. The summed E-state index contributed by atoms with van der Waals surface area (Å²) in [4.78, 5) is 10.4. The van der Waals surface area contributed by atoms with Crippen LogP contribution in [0.4, 0.5) is 0 Å². The Kier molecular flexibility index (Phi) is 7.78. The van der Waals surface area contributed by atoms with E-state index in [9.17, 15) is 4.79 Å². The summed E-state index contributed by atoms with van der Waals surface area (Å²) in [6.45, 7) is 7.04. The topological polar surface area (TPSA) is 49.3 Å². The van der Waals surface area contributed by atoms with Crippen LogP contribution in [0.3, 0.4) is 0 Å². The molecule has 0 saturated carbocycles. The minimum absolute atomic E-state index is 0.655. The molecule has 3 heteroatoms. The molecule has 0 aliphatic heterocycles. The fourth-order valence-electron chi connectivity index (χ4n) is 1.48. The lowest BCUT2D eigenvalue weighted by Crippen LogP contribution is -2.21. The third kappa shape index (κ3) is 8.03. The van der Waals surface area contributed by atoms with Gasteiger partial charge in [-0.05, 0) is 19.3 Å². The second kappa shape index (κ2) is 8.33. The van der Waals surface area contributed by atoms with Gasteiger partial charge in [0.2, 0.25) is 0 Å². The molecule has 3 nitrogen and oxygen atoms in total. The summed E-state index contributed by atoms with van der Waals surface area (Å²) in [5.74, 6) is -0.233. The van der Waals surface area contributed by atoms with Gasteiger partial charge in [-0.15, -0.1) is 0 Å². The van der Waals surface area contributed by atoms with Crippen LogP contribution in [-0.4, -0.2) is 17.6 Å². The van der Waals surface area contributed by atoms with Crippen molar-refractivity contribution < 1.29 is 9.90 Å². The van der Waals surface area contributed by atoms with Gasteiger partial charge in [0.05, 0.1) is 0 Å². The van der Waals surface area contributed by atoms with Gasteiger partial charge in [-0.1, -0.05) is 33.1 Å². The van der Waals surface area contributed by atoms with Gasteiger partial charge in [0.15, 0.2) is 0 Å². The summed E-state index contributed by atoms with van der Waals surface area (Å²) in [5.41, 5.74) is 0.734. The van der Waals surface area contributed by atoms with Gasteiger partial charge in [0, 0.05) is 18.3 Å². The zero-order chi connectivity index (χ0) is 11.7. The smallest absolute Gasteiger partial charge is 0.330 e. The van der Waals surface area contributed by atoms with Gasteiger partial charge in [0.1, 0.15) is 0 Å². The van der Waals surface area contributed by atoms with E-state index in [1.807, 2.05) is 0 Å². The Morgan fingerprint density at radius 2 is 2.13 bits per heavy atom. The number of hydrogen-bond donors (Lipinski definition) is 2. The van der Waals surface area contributed by atoms with Gasteiger partial charge >= 0.3 is 5.97 Å². The SMILES string of the molecule is CCCCC(CC)CNC(C)=CC(=O)O. The van der Waals surface area contributed by atoms with Crippen LogP contribution in [0.1, 0.15) is 46.5 Å². The average molecular weight is 213 g/mol. The monoisotopic (exact) mass is 213 g/mol. The normalized spacial score (nSPS) is 13.7. The molecule has 0 aromatic heterocycles. The van der Waals surface area contributed by atoms with Crippen molar-refractivity contribution in [1.82, 2.24) is 5.32 Å². The molecule has 0 amide bonds. The van der Waals surface area contributed by atoms with Gasteiger partial charge in [-0.2, -0.15) is 0 Å². The van der Waals surface area contributed by atoms with E-state index in [2.05, 4.69) is 19.2 Å². The highest BCUT2D eigenvalue weighted by Crippen LogP contribution is 2.11. The molecule has 0 aliphatic rings. The Balaban J connectivity index is 3.84. The van der Waals surface area contributed by atoms with Gasteiger partial charge in [-0.3, -0.25) is 0 Å². The van der Waals surface area contributed by atoms with E-state index in [0.717, 1.165) is 18.7 Å². The number of carbonyl (C=O) groups is 1. The van der Waals surface area contributed by atoms with Crippen LogP contribution in [-0.2, 0) is 4.79 Å². The first-order chi connectivity index (χ1) is 7.10. The maximum atomic E-state index is 10.4. The maximum absolute atomic E-state index is 10.4. The molecular formula is C12H23NO2. The minimum Gasteiger partial charge on any atom is -0.478 e. The molecule has 0 fully saturated rings. The first-order valence-corrected chi connectivity index (χ1v) is 5.75. The summed E-state index contributed by atoms with van der Waals surface area (Å²) in [7, 11) is 0. The van der Waals surface area contributed by atoms with Gasteiger partial charge in [0.25, 0.3) is 0 Å². The van der Waals surface area contributed by atoms with Crippen molar-refractivity contribution in [3.8, 4) is 0 Å². The molecule has 0 aromatic rings. The predicted octanol–water partition coefficient (Wildman–Crippen LogP) is 2.78. The number of carboxylic acid groups (broad SMARTS) is 1. The van der Waals surface area contributed by atoms with Crippen molar-refractivity contribution >= 4 is 5.97 Å². The highest BCUT2D eigenvalue weighted by molar-refractivity contribution is 5.80. The quantitative estimate of drug-likeness (QED) is 0.609. The average Bonchev–Trinajstić information content (AvgIpc) is 2.17. The number of unbranched alkanes of at least 4 members (excludes halogenated alkanes) is 1. The minimum atomic E-state index is -0.887. The Morgan fingerprint density at radius 1 is 1.47 bits per heavy atom. The molecule has 1 unspecified atom stereocenters. The lowest BCUT2D eigenvalue weighted by atomic mass is 9.99. The van der Waals surface area contributed by atoms with Crippen molar-refractivity contribution in [3.63, 3.8) is 0 Å². The molecule has 15 heavy (non-hydrogen) atoms. The third-order valence-electron chi connectivity index (χ3n) is 2.55. The van der Waals surface area contributed by atoms with E-state index < -0.39 is 5.97 Å². The Bertz CT molecular complexity index is 212. The molecule has 0 heterocycles. The number of nitrogens with one attached hydrogen (secondary N) is 1. The first kappa shape index (κ1) is 14.0. The van der Waals surface area contributed by atoms with Crippen LogP contribution >= 0.6 is 0 Å². The molecular weight excluding hydrogens is 190 g/mol. The lowest BCUT2D eigenvalue weighted by Gasteiger charge is -2.16. The third-order valence-corrected chi connectivity index (χ3v) is 2.55. The number of rotatable bonds is 8. The molecule has 0 bridgehead atoms. The molecule has 0 saturated heterocycles. The van der Waals surface area contributed by atoms with E-state index in [1.54, 1.807) is 6.92 Å². The van der Waals surface area contributed by atoms with E-state index in [0.29, 0.717) is 5.92 Å². The van der Waals surface area contributed by atoms with Crippen LogP contribution in [0.15, 0.2) is 11.8 Å². The van der Waals surface area contributed by atoms with E-state index in [1.165, 1.54) is 25.3 Å².